The predicted molar refractivity (Wildman–Crippen MR) is 51.1 cm³/mol. The second kappa shape index (κ2) is 4.06. The number of hydrogen-bond acceptors (Lipinski definition) is 2. The van der Waals surface area contributed by atoms with E-state index in [2.05, 4.69) is 0 Å². The van der Waals surface area contributed by atoms with E-state index in [0.717, 1.165) is 11.1 Å². The number of benzene rings is 1. The minimum Gasteiger partial charge on any atom is -0.387 e. The van der Waals surface area contributed by atoms with Gasteiger partial charge < -0.3 is 5.11 Å². The molecule has 1 aromatic rings. The van der Waals surface area contributed by atoms with Crippen molar-refractivity contribution in [2.45, 2.75) is 26.4 Å². The highest BCUT2D eigenvalue weighted by molar-refractivity contribution is 5.32. The first-order chi connectivity index (χ1) is 6.15. The van der Waals surface area contributed by atoms with Crippen LogP contribution >= 0.6 is 0 Å². The van der Waals surface area contributed by atoms with Crippen molar-refractivity contribution in [3.63, 3.8) is 0 Å². The van der Waals surface area contributed by atoms with Crippen LogP contribution in [0.15, 0.2) is 18.2 Å². The number of hydrogen-bond donors (Lipinski definition) is 1. The second-order valence-electron chi connectivity index (χ2n) is 3.24. The van der Waals surface area contributed by atoms with Gasteiger partial charge in [-0.2, -0.15) is 5.26 Å². The second-order valence-corrected chi connectivity index (χ2v) is 3.24. The molecule has 68 valence electrons. The summed E-state index contributed by atoms with van der Waals surface area (Å²) in [4.78, 5) is 0. The molecule has 2 heteroatoms. The van der Waals surface area contributed by atoms with Gasteiger partial charge >= 0.3 is 0 Å². The molecule has 1 N–H and O–H groups in total. The van der Waals surface area contributed by atoms with Gasteiger partial charge in [-0.3, -0.25) is 0 Å². The summed E-state index contributed by atoms with van der Waals surface area (Å²) < 4.78 is 0. The lowest BCUT2D eigenvalue weighted by molar-refractivity contribution is 0.182. The van der Waals surface area contributed by atoms with Gasteiger partial charge in [0.1, 0.15) is 0 Å². The van der Waals surface area contributed by atoms with Crippen molar-refractivity contribution in [3.05, 3.63) is 34.9 Å². The first-order valence-corrected chi connectivity index (χ1v) is 4.27. The highest BCUT2D eigenvalue weighted by atomic mass is 16.3. The summed E-state index contributed by atoms with van der Waals surface area (Å²) in [5, 5.41) is 18.0. The molecule has 0 heterocycles. The molecular formula is C11H13NO. The van der Waals surface area contributed by atoms with E-state index in [9.17, 15) is 5.11 Å². The van der Waals surface area contributed by atoms with Gasteiger partial charge in [0, 0.05) is 0 Å². The van der Waals surface area contributed by atoms with Gasteiger partial charge in [-0.1, -0.05) is 23.8 Å². The van der Waals surface area contributed by atoms with E-state index >= 15 is 0 Å². The van der Waals surface area contributed by atoms with Crippen molar-refractivity contribution in [1.29, 1.82) is 5.26 Å². The van der Waals surface area contributed by atoms with E-state index in [1.807, 2.05) is 38.1 Å². The number of nitriles is 1. The van der Waals surface area contributed by atoms with E-state index in [-0.39, 0.29) is 6.42 Å². The third-order valence-corrected chi connectivity index (χ3v) is 2.07. The molecule has 0 aromatic heterocycles. The maximum absolute atomic E-state index is 9.57. The van der Waals surface area contributed by atoms with Gasteiger partial charge in [0.25, 0.3) is 0 Å². The normalized spacial score (nSPS) is 12.2. The van der Waals surface area contributed by atoms with Crippen LogP contribution in [0.4, 0.5) is 0 Å². The number of nitrogens with zero attached hydrogens (tertiary/aromatic N) is 1. The molecule has 0 amide bonds. The summed E-state index contributed by atoms with van der Waals surface area (Å²) in [6, 6.07) is 7.80. The van der Waals surface area contributed by atoms with Crippen LogP contribution in [0.1, 0.15) is 29.2 Å². The van der Waals surface area contributed by atoms with Gasteiger partial charge in [-0.25, -0.2) is 0 Å². The molecule has 0 aliphatic rings. The third-order valence-electron chi connectivity index (χ3n) is 2.07. The quantitative estimate of drug-likeness (QED) is 0.749. The lowest BCUT2D eigenvalue weighted by Gasteiger charge is -2.10. The van der Waals surface area contributed by atoms with Gasteiger partial charge in [0.05, 0.1) is 18.6 Å². The molecule has 0 bridgehead atoms. The zero-order valence-electron chi connectivity index (χ0n) is 7.91. The van der Waals surface area contributed by atoms with Crippen LogP contribution in [-0.4, -0.2) is 5.11 Å². The van der Waals surface area contributed by atoms with Gasteiger partial charge in [-0.15, -0.1) is 0 Å². The number of rotatable bonds is 2. The zero-order valence-corrected chi connectivity index (χ0v) is 7.91. The fourth-order valence-electron chi connectivity index (χ4n) is 1.40. The van der Waals surface area contributed by atoms with Crippen molar-refractivity contribution < 1.29 is 5.11 Å². The first kappa shape index (κ1) is 9.76. The molecule has 13 heavy (non-hydrogen) atoms. The van der Waals surface area contributed by atoms with E-state index in [1.54, 1.807) is 0 Å². The number of aliphatic hydroxyl groups is 1. The van der Waals surface area contributed by atoms with Crippen LogP contribution in [0, 0.1) is 25.2 Å². The maximum atomic E-state index is 9.57. The Labute approximate surface area is 78.4 Å². The molecule has 0 aliphatic heterocycles. The van der Waals surface area contributed by atoms with Crippen molar-refractivity contribution in [2.75, 3.05) is 0 Å². The lowest BCUT2D eigenvalue weighted by Crippen LogP contribution is -1.98. The first-order valence-electron chi connectivity index (χ1n) is 4.27. The van der Waals surface area contributed by atoms with Crippen LogP contribution in [0.2, 0.25) is 0 Å². The van der Waals surface area contributed by atoms with Crippen molar-refractivity contribution in [2.24, 2.45) is 0 Å². The summed E-state index contributed by atoms with van der Waals surface area (Å²) in [7, 11) is 0. The van der Waals surface area contributed by atoms with E-state index in [0.29, 0.717) is 0 Å². The molecule has 1 unspecified atom stereocenters. The zero-order chi connectivity index (χ0) is 9.84. The van der Waals surface area contributed by atoms with Crippen LogP contribution in [0.5, 0.6) is 0 Å². The molecule has 1 aromatic carbocycles. The summed E-state index contributed by atoms with van der Waals surface area (Å²) in [6.45, 7) is 3.95. The molecule has 0 radical (unpaired) electrons. The Morgan fingerprint density at radius 1 is 1.46 bits per heavy atom. The minimum atomic E-state index is -0.648. The smallest absolute Gasteiger partial charge is 0.0922 e. The summed E-state index contributed by atoms with van der Waals surface area (Å²) >= 11 is 0. The fraction of sp³-hybridized carbons (Fsp3) is 0.364. The Morgan fingerprint density at radius 2 is 2.15 bits per heavy atom. The van der Waals surface area contributed by atoms with Crippen molar-refractivity contribution >= 4 is 0 Å². The molecule has 0 fully saturated rings. The molecule has 0 spiro atoms. The van der Waals surface area contributed by atoms with Gasteiger partial charge in [-0.05, 0) is 25.0 Å². The molecule has 2 nitrogen and oxygen atoms in total. The van der Waals surface area contributed by atoms with E-state index in [4.69, 9.17) is 5.26 Å². The molecular weight excluding hydrogens is 162 g/mol. The van der Waals surface area contributed by atoms with Crippen molar-refractivity contribution in [3.8, 4) is 6.07 Å². The van der Waals surface area contributed by atoms with Gasteiger partial charge in [0.2, 0.25) is 0 Å². The Balaban J connectivity index is 2.96. The Kier molecular flexibility index (Phi) is 3.05. The Bertz CT molecular complexity index is 338. The van der Waals surface area contributed by atoms with Crippen LogP contribution in [-0.2, 0) is 0 Å². The molecule has 1 atom stereocenters. The number of aryl methyl sites for hydroxylation is 2. The predicted octanol–water partition coefficient (Wildman–Crippen LogP) is 2.25. The Hall–Kier alpha value is -1.33. The highest BCUT2D eigenvalue weighted by Gasteiger charge is 2.08. The largest absolute Gasteiger partial charge is 0.387 e. The monoisotopic (exact) mass is 175 g/mol. The summed E-state index contributed by atoms with van der Waals surface area (Å²) in [6.07, 6.45) is -0.491. The summed E-state index contributed by atoms with van der Waals surface area (Å²) in [5.41, 5.74) is 3.07. The standard InChI is InChI=1S/C11H13NO/c1-8-3-4-10(9(2)7-8)11(13)5-6-12/h3-4,7,11,13H,5H2,1-2H3. The topological polar surface area (TPSA) is 44.0 Å². The summed E-state index contributed by atoms with van der Waals surface area (Å²) in [5.74, 6) is 0. The average Bonchev–Trinajstić information content (AvgIpc) is 2.04. The van der Waals surface area contributed by atoms with Crippen LogP contribution in [0.3, 0.4) is 0 Å². The molecule has 0 saturated heterocycles. The van der Waals surface area contributed by atoms with Gasteiger partial charge in [0.15, 0.2) is 0 Å². The Morgan fingerprint density at radius 3 is 2.69 bits per heavy atom. The minimum absolute atomic E-state index is 0.157. The van der Waals surface area contributed by atoms with E-state index in [1.165, 1.54) is 5.56 Å². The number of aliphatic hydroxyl groups excluding tert-OH is 1. The third kappa shape index (κ3) is 2.30. The highest BCUT2D eigenvalue weighted by Crippen LogP contribution is 2.20. The van der Waals surface area contributed by atoms with Crippen LogP contribution < -0.4 is 0 Å². The van der Waals surface area contributed by atoms with Crippen molar-refractivity contribution in [1.82, 2.24) is 0 Å². The molecule has 0 aliphatic carbocycles. The fourth-order valence-corrected chi connectivity index (χ4v) is 1.40. The van der Waals surface area contributed by atoms with E-state index < -0.39 is 6.10 Å². The molecule has 1 rings (SSSR count). The van der Waals surface area contributed by atoms with Crippen LogP contribution in [0.25, 0.3) is 0 Å². The lowest BCUT2D eigenvalue weighted by atomic mass is 10.00. The maximum Gasteiger partial charge on any atom is 0.0922 e. The average molecular weight is 175 g/mol. The SMILES string of the molecule is Cc1ccc(C(O)CC#N)c(C)c1. The molecule has 0 saturated carbocycles.